The predicted octanol–water partition coefficient (Wildman–Crippen LogP) is 0.325. The zero-order chi connectivity index (χ0) is 13.8. The van der Waals surface area contributed by atoms with Gasteiger partial charge in [-0.2, -0.15) is 0 Å². The number of carbonyl (C=O) groups is 2. The summed E-state index contributed by atoms with van der Waals surface area (Å²) >= 11 is 0. The number of carboxylic acids is 1. The van der Waals surface area contributed by atoms with Gasteiger partial charge in [-0.15, -0.1) is 0 Å². The van der Waals surface area contributed by atoms with E-state index in [1.165, 1.54) is 0 Å². The number of hydrogen-bond acceptors (Lipinski definition) is 4. The second-order valence-corrected chi connectivity index (χ2v) is 6.92. The molecule has 104 valence electrons. The molecular formula is C11H19NO5S. The van der Waals surface area contributed by atoms with Gasteiger partial charge in [-0.3, -0.25) is 4.79 Å². The molecule has 0 heterocycles. The van der Waals surface area contributed by atoms with Gasteiger partial charge in [0, 0.05) is 0 Å². The van der Waals surface area contributed by atoms with Gasteiger partial charge in [0.25, 0.3) is 0 Å². The molecule has 0 spiro atoms. The summed E-state index contributed by atoms with van der Waals surface area (Å²) in [6.45, 7) is 1.96. The van der Waals surface area contributed by atoms with E-state index in [1.807, 2.05) is 6.92 Å². The monoisotopic (exact) mass is 277 g/mol. The van der Waals surface area contributed by atoms with Crippen LogP contribution in [0.2, 0.25) is 0 Å². The molecule has 0 atom stereocenters. The van der Waals surface area contributed by atoms with E-state index in [1.54, 1.807) is 0 Å². The Balaban J connectivity index is 2.42. The Morgan fingerprint density at radius 1 is 1.28 bits per heavy atom. The lowest BCUT2D eigenvalue weighted by molar-refractivity contribution is -0.142. The highest BCUT2D eigenvalue weighted by molar-refractivity contribution is 7.92. The summed E-state index contributed by atoms with van der Waals surface area (Å²) in [5.41, 5.74) is -1.21. The predicted molar refractivity (Wildman–Crippen MR) is 65.9 cm³/mol. The van der Waals surface area contributed by atoms with Gasteiger partial charge in [-0.05, 0) is 19.3 Å². The summed E-state index contributed by atoms with van der Waals surface area (Å²) in [6.07, 6.45) is 2.98. The van der Waals surface area contributed by atoms with Gasteiger partial charge in [0.05, 0.1) is 5.75 Å². The fourth-order valence-corrected chi connectivity index (χ4v) is 2.92. The third-order valence-corrected chi connectivity index (χ3v) is 4.56. The van der Waals surface area contributed by atoms with Gasteiger partial charge in [0.2, 0.25) is 5.91 Å². The van der Waals surface area contributed by atoms with Crippen molar-refractivity contribution in [3.63, 3.8) is 0 Å². The fraction of sp³-hybridized carbons (Fsp3) is 0.818. The van der Waals surface area contributed by atoms with Crippen LogP contribution >= 0.6 is 0 Å². The maximum Gasteiger partial charge on any atom is 0.329 e. The van der Waals surface area contributed by atoms with Crippen molar-refractivity contribution >= 4 is 21.7 Å². The molecule has 6 nitrogen and oxygen atoms in total. The lowest BCUT2D eigenvalue weighted by atomic mass is 10.3. The van der Waals surface area contributed by atoms with E-state index in [9.17, 15) is 18.0 Å². The van der Waals surface area contributed by atoms with Crippen LogP contribution in [0, 0.1) is 0 Å². The van der Waals surface area contributed by atoms with E-state index in [0.717, 1.165) is 12.8 Å². The molecule has 0 aliphatic heterocycles. The van der Waals surface area contributed by atoms with Crippen LogP contribution < -0.4 is 5.32 Å². The van der Waals surface area contributed by atoms with Gasteiger partial charge in [-0.25, -0.2) is 13.2 Å². The topological polar surface area (TPSA) is 101 Å². The second-order valence-electron chi connectivity index (χ2n) is 4.73. The highest BCUT2D eigenvalue weighted by Gasteiger charge is 2.51. The third-order valence-electron chi connectivity index (χ3n) is 2.95. The van der Waals surface area contributed by atoms with Gasteiger partial charge in [0.1, 0.15) is 11.3 Å². The highest BCUT2D eigenvalue weighted by atomic mass is 32.2. The molecule has 1 aliphatic carbocycles. The molecule has 1 aliphatic rings. The van der Waals surface area contributed by atoms with Crippen molar-refractivity contribution < 1.29 is 23.1 Å². The molecule has 1 saturated carbocycles. The average Bonchev–Trinajstić information content (AvgIpc) is 2.97. The Kier molecular flexibility index (Phi) is 4.72. The molecular weight excluding hydrogens is 258 g/mol. The summed E-state index contributed by atoms with van der Waals surface area (Å²) in [4.78, 5) is 22.3. The molecule has 7 heteroatoms. The van der Waals surface area contributed by atoms with Gasteiger partial charge >= 0.3 is 5.97 Å². The number of nitrogens with one attached hydrogen (secondary N) is 1. The van der Waals surface area contributed by atoms with E-state index in [-0.39, 0.29) is 5.75 Å². The van der Waals surface area contributed by atoms with E-state index < -0.39 is 33.0 Å². The molecule has 0 aromatic carbocycles. The van der Waals surface area contributed by atoms with Crippen LogP contribution in [0.25, 0.3) is 0 Å². The molecule has 18 heavy (non-hydrogen) atoms. The number of carbonyl (C=O) groups excluding carboxylic acids is 1. The quantitative estimate of drug-likeness (QED) is 0.622. The zero-order valence-electron chi connectivity index (χ0n) is 10.4. The molecule has 0 aromatic rings. The fourth-order valence-electron chi connectivity index (χ4n) is 1.66. The third kappa shape index (κ3) is 4.29. The van der Waals surface area contributed by atoms with E-state index >= 15 is 0 Å². The average molecular weight is 277 g/mol. The first kappa shape index (κ1) is 14.9. The Labute approximate surface area is 107 Å². The smallest absolute Gasteiger partial charge is 0.329 e. The maximum absolute atomic E-state index is 11.6. The summed E-state index contributed by atoms with van der Waals surface area (Å²) in [7, 11) is -3.43. The molecule has 1 rings (SSSR count). The number of aliphatic carboxylic acids is 1. The SMILES string of the molecule is CCCCCS(=O)(=O)CC(=O)NC1(C(=O)O)CC1. The minimum Gasteiger partial charge on any atom is -0.480 e. The first-order valence-corrected chi connectivity index (χ1v) is 7.88. The van der Waals surface area contributed by atoms with Gasteiger partial charge in [-0.1, -0.05) is 19.8 Å². The van der Waals surface area contributed by atoms with Crippen molar-refractivity contribution in [2.24, 2.45) is 0 Å². The maximum atomic E-state index is 11.6. The van der Waals surface area contributed by atoms with E-state index in [2.05, 4.69) is 5.32 Å². The van der Waals surface area contributed by atoms with Crippen molar-refractivity contribution in [3.8, 4) is 0 Å². The standard InChI is InChI=1S/C11H19NO5S/c1-2-3-4-7-18(16,17)8-9(13)12-11(5-6-11)10(14)15/h2-8H2,1H3,(H,12,13)(H,14,15). The second kappa shape index (κ2) is 5.69. The van der Waals surface area contributed by atoms with Crippen LogP contribution in [0.3, 0.4) is 0 Å². The normalized spacial score (nSPS) is 17.2. The largest absolute Gasteiger partial charge is 0.480 e. The van der Waals surface area contributed by atoms with Crippen molar-refractivity contribution in [1.82, 2.24) is 5.32 Å². The summed E-state index contributed by atoms with van der Waals surface area (Å²) in [6, 6.07) is 0. The minimum atomic E-state index is -3.43. The molecule has 0 bridgehead atoms. The molecule has 0 saturated heterocycles. The van der Waals surface area contributed by atoms with Crippen LogP contribution in [0.1, 0.15) is 39.0 Å². The molecule has 0 unspecified atom stereocenters. The highest BCUT2D eigenvalue weighted by Crippen LogP contribution is 2.35. The lowest BCUT2D eigenvalue weighted by Gasteiger charge is -2.12. The van der Waals surface area contributed by atoms with Crippen LogP contribution in [0.4, 0.5) is 0 Å². The number of carboxylic acid groups (broad SMARTS) is 1. The molecule has 0 aromatic heterocycles. The first-order valence-electron chi connectivity index (χ1n) is 6.06. The van der Waals surface area contributed by atoms with Gasteiger partial charge in [0.15, 0.2) is 9.84 Å². The number of unbranched alkanes of at least 4 members (excludes halogenated alkanes) is 2. The number of hydrogen-bond donors (Lipinski definition) is 2. The van der Waals surface area contributed by atoms with Crippen LogP contribution in [0.15, 0.2) is 0 Å². The molecule has 0 radical (unpaired) electrons. The Hall–Kier alpha value is -1.11. The summed E-state index contributed by atoms with van der Waals surface area (Å²) in [5.74, 6) is -2.45. The molecule has 1 amide bonds. The summed E-state index contributed by atoms with van der Waals surface area (Å²) in [5, 5.41) is 11.2. The van der Waals surface area contributed by atoms with E-state index in [4.69, 9.17) is 5.11 Å². The number of amides is 1. The van der Waals surface area contributed by atoms with Crippen molar-refractivity contribution in [3.05, 3.63) is 0 Å². The van der Waals surface area contributed by atoms with Crippen LogP contribution in [-0.2, 0) is 19.4 Å². The zero-order valence-corrected chi connectivity index (χ0v) is 11.3. The lowest BCUT2D eigenvalue weighted by Crippen LogP contribution is -2.45. The van der Waals surface area contributed by atoms with Crippen molar-refractivity contribution in [1.29, 1.82) is 0 Å². The molecule has 2 N–H and O–H groups in total. The number of rotatable bonds is 8. The number of sulfone groups is 1. The Morgan fingerprint density at radius 2 is 1.89 bits per heavy atom. The Morgan fingerprint density at radius 3 is 2.33 bits per heavy atom. The van der Waals surface area contributed by atoms with E-state index in [0.29, 0.717) is 19.3 Å². The Bertz CT molecular complexity index is 425. The minimum absolute atomic E-state index is 0.0195. The van der Waals surface area contributed by atoms with Gasteiger partial charge < -0.3 is 10.4 Å². The van der Waals surface area contributed by atoms with Crippen LogP contribution in [-0.4, -0.2) is 42.4 Å². The summed E-state index contributed by atoms with van der Waals surface area (Å²) < 4.78 is 23.2. The van der Waals surface area contributed by atoms with Crippen molar-refractivity contribution in [2.45, 2.75) is 44.6 Å². The van der Waals surface area contributed by atoms with Crippen molar-refractivity contribution in [2.75, 3.05) is 11.5 Å². The molecule has 1 fully saturated rings. The van der Waals surface area contributed by atoms with Crippen LogP contribution in [0.5, 0.6) is 0 Å². The first-order chi connectivity index (χ1) is 8.31.